The van der Waals surface area contributed by atoms with Gasteiger partial charge in [-0.2, -0.15) is 0 Å². The summed E-state index contributed by atoms with van der Waals surface area (Å²) >= 11 is 0. The van der Waals surface area contributed by atoms with Crippen LogP contribution < -0.4 is 0 Å². The summed E-state index contributed by atoms with van der Waals surface area (Å²) < 4.78 is 14.6. The second kappa shape index (κ2) is 11.2. The van der Waals surface area contributed by atoms with E-state index in [2.05, 4.69) is 49.0 Å². The molecule has 10 heteroatoms. The number of hydrogen-bond acceptors (Lipinski definition) is 9. The van der Waals surface area contributed by atoms with Crippen LogP contribution in [0.1, 0.15) is 97.9 Å². The molecule has 5 fully saturated rings. The van der Waals surface area contributed by atoms with E-state index in [1.807, 2.05) is 0 Å². The number of likely N-dealkylation sites (tertiary alicyclic amines) is 1. The third-order valence-corrected chi connectivity index (χ3v) is 14.1. The van der Waals surface area contributed by atoms with Crippen molar-refractivity contribution >= 4 is 0 Å². The summed E-state index contributed by atoms with van der Waals surface area (Å²) in [5.41, 5.74) is 5.49. The molecule has 10 nitrogen and oxygen atoms in total. The second-order valence-corrected chi connectivity index (χ2v) is 16.5. The normalized spacial score (nSPS) is 50.6. The average Bonchev–Trinajstić information content (AvgIpc) is 3.72. The van der Waals surface area contributed by atoms with E-state index in [0.717, 1.165) is 50.8 Å². The van der Waals surface area contributed by atoms with Gasteiger partial charge >= 0.3 is 0 Å². The summed E-state index contributed by atoms with van der Waals surface area (Å²) in [4.78, 5) is 2.55. The lowest BCUT2D eigenvalue weighted by atomic mass is 9.56. The van der Waals surface area contributed by atoms with E-state index in [-0.39, 0.29) is 29.3 Å². The Morgan fingerprint density at radius 2 is 1.83 bits per heavy atom. The Morgan fingerprint density at radius 1 is 1.02 bits per heavy atom. The van der Waals surface area contributed by atoms with Crippen LogP contribution >= 0.6 is 0 Å². The molecular weight excluding hydrogens is 584 g/mol. The van der Waals surface area contributed by atoms with Crippen LogP contribution in [0.15, 0.2) is 29.0 Å². The van der Waals surface area contributed by atoms with Gasteiger partial charge in [0.25, 0.3) is 0 Å². The molecule has 1 aromatic rings. The first-order chi connectivity index (χ1) is 21.9. The van der Waals surface area contributed by atoms with Gasteiger partial charge in [0.1, 0.15) is 18.3 Å². The average molecular weight is 639 g/mol. The van der Waals surface area contributed by atoms with Crippen LogP contribution in [0.4, 0.5) is 0 Å². The van der Waals surface area contributed by atoms with Crippen molar-refractivity contribution in [2.75, 3.05) is 6.54 Å². The third-order valence-electron chi connectivity index (χ3n) is 14.1. The van der Waals surface area contributed by atoms with Crippen LogP contribution in [0.5, 0.6) is 0 Å². The highest BCUT2D eigenvalue weighted by Gasteiger charge is 2.61. The monoisotopic (exact) mass is 638 g/mol. The van der Waals surface area contributed by atoms with Gasteiger partial charge in [0, 0.05) is 25.0 Å². The van der Waals surface area contributed by atoms with E-state index in [0.29, 0.717) is 36.1 Å². The zero-order valence-corrected chi connectivity index (χ0v) is 28.1. The van der Waals surface area contributed by atoms with Gasteiger partial charge in [0.05, 0.1) is 35.8 Å². The van der Waals surface area contributed by atoms with E-state index < -0.39 is 30.6 Å². The number of ether oxygens (including phenoxy) is 2. The summed E-state index contributed by atoms with van der Waals surface area (Å²) in [6.07, 6.45) is 7.56. The van der Waals surface area contributed by atoms with E-state index >= 15 is 0 Å². The van der Waals surface area contributed by atoms with Crippen LogP contribution in [-0.4, -0.2) is 95.1 Å². The SMILES string of the molecule is CC1=C2C[C@H]3[C@@H](CC=C4C[C@@H](O)CC[C@@]43C)[C@@H]2CC[C@]12O[C@@H]1C[C@H](C)CN(Cc3cn(C4OC(C)[C@H](O)C(O)C4O)nn3)[C@H]1[C@H]2C. The molecule has 0 bridgehead atoms. The van der Waals surface area contributed by atoms with Gasteiger partial charge in [-0.15, -0.1) is 5.10 Å². The third kappa shape index (κ3) is 4.61. The minimum atomic E-state index is -1.31. The molecule has 4 N–H and O–H groups in total. The predicted octanol–water partition coefficient (Wildman–Crippen LogP) is 3.51. The largest absolute Gasteiger partial charge is 0.393 e. The molecule has 3 saturated heterocycles. The van der Waals surface area contributed by atoms with E-state index in [9.17, 15) is 20.4 Å². The molecule has 7 aliphatic rings. The lowest BCUT2D eigenvalue weighted by molar-refractivity contribution is -0.243. The van der Waals surface area contributed by atoms with Crippen molar-refractivity contribution in [1.29, 1.82) is 0 Å². The first-order valence-electron chi connectivity index (χ1n) is 18.0. The van der Waals surface area contributed by atoms with Gasteiger partial charge in [-0.05, 0) is 99.9 Å². The summed E-state index contributed by atoms with van der Waals surface area (Å²) in [6.45, 7) is 12.9. The fourth-order valence-electron chi connectivity index (χ4n) is 11.6. The first-order valence-corrected chi connectivity index (χ1v) is 18.0. The van der Waals surface area contributed by atoms with Gasteiger partial charge in [-0.3, -0.25) is 4.90 Å². The molecule has 15 atom stereocenters. The molecule has 4 unspecified atom stereocenters. The number of rotatable bonds is 3. The van der Waals surface area contributed by atoms with Crippen molar-refractivity contribution in [3.8, 4) is 0 Å². The van der Waals surface area contributed by atoms with Crippen molar-refractivity contribution in [2.45, 2.75) is 147 Å². The number of nitrogens with zero attached hydrogens (tertiary/aromatic N) is 4. The fraction of sp³-hybridized carbons (Fsp3) is 0.833. The maximum Gasteiger partial charge on any atom is 0.180 e. The number of aliphatic hydroxyl groups excluding tert-OH is 4. The summed E-state index contributed by atoms with van der Waals surface area (Å²) in [5, 5.41) is 50.3. The van der Waals surface area contributed by atoms with Crippen molar-refractivity contribution in [3.63, 3.8) is 0 Å². The van der Waals surface area contributed by atoms with Crippen LogP contribution in [-0.2, 0) is 16.0 Å². The Morgan fingerprint density at radius 3 is 2.63 bits per heavy atom. The highest BCUT2D eigenvalue weighted by Crippen LogP contribution is 2.65. The Bertz CT molecular complexity index is 1410. The molecule has 3 aliphatic heterocycles. The quantitative estimate of drug-likeness (QED) is 0.367. The van der Waals surface area contributed by atoms with Gasteiger partial charge in [-0.1, -0.05) is 43.2 Å². The van der Waals surface area contributed by atoms with E-state index in [1.165, 1.54) is 28.7 Å². The topological polar surface area (TPSA) is 133 Å². The number of hydrogen-bond donors (Lipinski definition) is 4. The molecule has 1 spiro atoms. The van der Waals surface area contributed by atoms with Crippen molar-refractivity contribution < 1.29 is 29.9 Å². The lowest BCUT2D eigenvalue weighted by Gasteiger charge is -2.49. The molecule has 254 valence electrons. The minimum absolute atomic E-state index is 0.163. The predicted molar refractivity (Wildman–Crippen MR) is 170 cm³/mol. The highest BCUT2D eigenvalue weighted by molar-refractivity contribution is 5.38. The standard InChI is InChI=1S/C36H54N4O6/c1-18-12-29-30(39(15-18)16-23-17-40(38-37-23)34-33(44)32(43)31(42)21(4)45-34)20(3)36(46-29)11-9-25-26-7-6-22-13-24(41)8-10-35(22,5)28(26)14-27(25)19(36)2/h6,17-18,20-21,24-26,28-34,41-44H,7-16H2,1-5H3/t18-,20+,21?,24-,25-,26-,28-,29+,30-,31-,32?,33?,34?,35-,36-/m0/s1. The van der Waals surface area contributed by atoms with E-state index in [4.69, 9.17) is 9.47 Å². The van der Waals surface area contributed by atoms with Crippen LogP contribution in [0.25, 0.3) is 0 Å². The minimum Gasteiger partial charge on any atom is -0.393 e. The van der Waals surface area contributed by atoms with Crippen molar-refractivity contribution in [1.82, 2.24) is 19.9 Å². The van der Waals surface area contributed by atoms with Crippen molar-refractivity contribution in [2.24, 2.45) is 35.0 Å². The lowest BCUT2D eigenvalue weighted by Crippen LogP contribution is -2.54. The zero-order valence-electron chi connectivity index (χ0n) is 28.1. The van der Waals surface area contributed by atoms with Gasteiger partial charge < -0.3 is 29.9 Å². The molecule has 4 heterocycles. The first kappa shape index (κ1) is 31.6. The molecule has 2 saturated carbocycles. The smallest absolute Gasteiger partial charge is 0.180 e. The summed E-state index contributed by atoms with van der Waals surface area (Å²) in [7, 11) is 0. The maximum atomic E-state index is 10.6. The molecule has 1 aromatic heterocycles. The Balaban J connectivity index is 1.04. The number of fused-ring (bicyclic) bond motifs is 6. The molecule has 8 rings (SSSR count). The maximum absolute atomic E-state index is 10.6. The molecule has 0 aromatic carbocycles. The Labute approximate surface area is 272 Å². The summed E-state index contributed by atoms with van der Waals surface area (Å²) in [5.74, 6) is 2.86. The molecule has 46 heavy (non-hydrogen) atoms. The van der Waals surface area contributed by atoms with Crippen LogP contribution in [0.3, 0.4) is 0 Å². The van der Waals surface area contributed by atoms with Crippen LogP contribution in [0.2, 0.25) is 0 Å². The number of aromatic nitrogens is 3. The van der Waals surface area contributed by atoms with Crippen molar-refractivity contribution in [3.05, 3.63) is 34.7 Å². The molecular formula is C36H54N4O6. The summed E-state index contributed by atoms with van der Waals surface area (Å²) in [6, 6.07) is 0.274. The van der Waals surface area contributed by atoms with Gasteiger partial charge in [0.2, 0.25) is 0 Å². The number of piperidine rings is 1. The van der Waals surface area contributed by atoms with Gasteiger partial charge in [0.15, 0.2) is 6.23 Å². The van der Waals surface area contributed by atoms with Gasteiger partial charge in [-0.25, -0.2) is 4.68 Å². The zero-order chi connectivity index (χ0) is 32.3. The highest BCUT2D eigenvalue weighted by atomic mass is 16.5. The Kier molecular flexibility index (Phi) is 7.68. The Hall–Kier alpha value is -1.66. The number of aliphatic hydroxyl groups is 4. The van der Waals surface area contributed by atoms with Crippen LogP contribution in [0, 0.1) is 35.0 Å². The molecule has 4 aliphatic carbocycles. The van der Waals surface area contributed by atoms with E-state index in [1.54, 1.807) is 18.7 Å². The molecule has 0 radical (unpaired) electrons. The second-order valence-electron chi connectivity index (χ2n) is 16.5. The molecule has 0 amide bonds. The number of allylic oxidation sites excluding steroid dienone is 2. The fourth-order valence-corrected chi connectivity index (χ4v) is 11.6.